The van der Waals surface area contributed by atoms with E-state index in [2.05, 4.69) is 33.8 Å². The minimum atomic E-state index is -0.303. The maximum absolute atomic E-state index is 10.8. The van der Waals surface area contributed by atoms with E-state index in [4.69, 9.17) is 5.11 Å². The monoisotopic (exact) mass is 324 g/mol. The molecule has 2 aliphatic carbocycles. The van der Waals surface area contributed by atoms with Crippen molar-refractivity contribution in [3.63, 3.8) is 0 Å². The molecule has 0 aliphatic heterocycles. The summed E-state index contributed by atoms with van der Waals surface area (Å²) in [6, 6.07) is 0. The molecule has 0 aromatic rings. The molecule has 0 bridgehead atoms. The van der Waals surface area contributed by atoms with Crippen LogP contribution in [0.2, 0.25) is 0 Å². The number of rotatable bonds is 6. The molecule has 6 atom stereocenters. The summed E-state index contributed by atoms with van der Waals surface area (Å²) >= 11 is 0. The number of hydrogen-bond donors (Lipinski definition) is 3. The van der Waals surface area contributed by atoms with E-state index in [9.17, 15) is 10.2 Å². The summed E-state index contributed by atoms with van der Waals surface area (Å²) in [5, 5.41) is 29.7. The Balaban J connectivity index is 2.27. The quantitative estimate of drug-likeness (QED) is 0.655. The smallest absolute Gasteiger partial charge is 0.0647 e. The lowest BCUT2D eigenvalue weighted by Crippen LogP contribution is -2.55. The van der Waals surface area contributed by atoms with E-state index in [1.807, 2.05) is 0 Å². The van der Waals surface area contributed by atoms with Crippen molar-refractivity contribution in [3.05, 3.63) is 11.6 Å². The minimum absolute atomic E-state index is 0.0755. The van der Waals surface area contributed by atoms with Crippen molar-refractivity contribution < 1.29 is 15.3 Å². The first-order chi connectivity index (χ1) is 10.8. The molecule has 134 valence electrons. The second-order valence-electron chi connectivity index (χ2n) is 8.66. The normalized spacial score (nSPS) is 42.0. The molecule has 0 radical (unpaired) electrons. The van der Waals surface area contributed by atoms with Crippen LogP contribution in [-0.4, -0.2) is 34.6 Å². The van der Waals surface area contributed by atoms with Gasteiger partial charge in [0.2, 0.25) is 0 Å². The van der Waals surface area contributed by atoms with Gasteiger partial charge in [0.05, 0.1) is 12.7 Å². The van der Waals surface area contributed by atoms with Crippen LogP contribution in [0, 0.1) is 28.6 Å². The van der Waals surface area contributed by atoms with Gasteiger partial charge in [0.15, 0.2) is 0 Å². The number of aliphatic hydroxyl groups excluding tert-OH is 3. The van der Waals surface area contributed by atoms with Crippen LogP contribution in [-0.2, 0) is 0 Å². The van der Waals surface area contributed by atoms with Gasteiger partial charge in [0.1, 0.15) is 0 Å². The van der Waals surface area contributed by atoms with Gasteiger partial charge in [0, 0.05) is 6.61 Å². The van der Waals surface area contributed by atoms with Gasteiger partial charge in [-0.05, 0) is 66.3 Å². The first kappa shape index (κ1) is 19.0. The molecule has 0 heterocycles. The highest BCUT2D eigenvalue weighted by Crippen LogP contribution is 2.61. The van der Waals surface area contributed by atoms with Crippen molar-refractivity contribution in [2.45, 2.75) is 72.3 Å². The molecule has 0 amide bonds. The maximum atomic E-state index is 10.8. The van der Waals surface area contributed by atoms with Gasteiger partial charge < -0.3 is 15.3 Å². The van der Waals surface area contributed by atoms with Crippen LogP contribution in [0.5, 0.6) is 0 Å². The molecule has 2 rings (SSSR count). The van der Waals surface area contributed by atoms with Crippen molar-refractivity contribution in [1.82, 2.24) is 0 Å². The molecule has 0 aromatic heterocycles. The van der Waals surface area contributed by atoms with Crippen LogP contribution >= 0.6 is 0 Å². The fourth-order valence-corrected chi connectivity index (χ4v) is 5.47. The topological polar surface area (TPSA) is 60.7 Å². The van der Waals surface area contributed by atoms with Crippen LogP contribution in [0.15, 0.2) is 11.6 Å². The lowest BCUT2D eigenvalue weighted by atomic mass is 9.46. The van der Waals surface area contributed by atoms with Gasteiger partial charge in [0.25, 0.3) is 0 Å². The van der Waals surface area contributed by atoms with Crippen molar-refractivity contribution in [3.8, 4) is 0 Å². The Morgan fingerprint density at radius 3 is 2.57 bits per heavy atom. The van der Waals surface area contributed by atoms with Gasteiger partial charge >= 0.3 is 0 Å². The molecule has 1 fully saturated rings. The zero-order valence-corrected chi connectivity index (χ0v) is 15.4. The molecular weight excluding hydrogens is 288 g/mol. The fraction of sp³-hybridized carbons (Fsp3) is 0.900. The van der Waals surface area contributed by atoms with Gasteiger partial charge in [-0.2, -0.15) is 0 Å². The SMILES string of the molecule is CC(CCO)CCC1(C)C(C)C(O)CC2(C)C(CO)=CCCC21. The lowest BCUT2D eigenvalue weighted by molar-refractivity contribution is -0.120. The summed E-state index contributed by atoms with van der Waals surface area (Å²) < 4.78 is 0. The van der Waals surface area contributed by atoms with Crippen LogP contribution in [0.1, 0.15) is 66.2 Å². The maximum Gasteiger partial charge on any atom is 0.0647 e. The van der Waals surface area contributed by atoms with Crippen molar-refractivity contribution in [2.75, 3.05) is 13.2 Å². The second kappa shape index (κ2) is 7.25. The van der Waals surface area contributed by atoms with E-state index < -0.39 is 0 Å². The predicted molar refractivity (Wildman–Crippen MR) is 94.0 cm³/mol. The third-order valence-electron chi connectivity index (χ3n) is 7.36. The van der Waals surface area contributed by atoms with Crippen molar-refractivity contribution in [2.24, 2.45) is 28.6 Å². The summed E-state index contributed by atoms with van der Waals surface area (Å²) in [4.78, 5) is 0. The van der Waals surface area contributed by atoms with Gasteiger partial charge in [-0.3, -0.25) is 0 Å². The Labute approximate surface area is 141 Å². The van der Waals surface area contributed by atoms with E-state index in [0.717, 1.165) is 44.1 Å². The van der Waals surface area contributed by atoms with Crippen LogP contribution in [0.4, 0.5) is 0 Å². The van der Waals surface area contributed by atoms with Crippen molar-refractivity contribution >= 4 is 0 Å². The van der Waals surface area contributed by atoms with Crippen LogP contribution in [0.25, 0.3) is 0 Å². The summed E-state index contributed by atoms with van der Waals surface area (Å²) in [7, 11) is 0. The number of hydrogen-bond acceptors (Lipinski definition) is 3. The van der Waals surface area contributed by atoms with Crippen LogP contribution in [0.3, 0.4) is 0 Å². The molecule has 6 unspecified atom stereocenters. The summed E-state index contributed by atoms with van der Waals surface area (Å²) in [6.45, 7) is 9.40. The van der Waals surface area contributed by atoms with Crippen LogP contribution < -0.4 is 0 Å². The van der Waals surface area contributed by atoms with E-state index in [-0.39, 0.29) is 36.1 Å². The lowest BCUT2D eigenvalue weighted by Gasteiger charge is -2.60. The van der Waals surface area contributed by atoms with E-state index in [1.165, 1.54) is 0 Å². The highest BCUT2D eigenvalue weighted by molar-refractivity contribution is 5.24. The van der Waals surface area contributed by atoms with E-state index in [0.29, 0.717) is 11.8 Å². The molecule has 3 heteroatoms. The predicted octanol–water partition coefficient (Wildman–Crippen LogP) is 3.53. The Bertz CT molecular complexity index is 433. The first-order valence-corrected chi connectivity index (χ1v) is 9.39. The Morgan fingerprint density at radius 1 is 1.26 bits per heavy atom. The first-order valence-electron chi connectivity index (χ1n) is 9.39. The third kappa shape index (κ3) is 3.38. The van der Waals surface area contributed by atoms with E-state index >= 15 is 0 Å². The Morgan fingerprint density at radius 2 is 1.96 bits per heavy atom. The molecule has 0 spiro atoms. The largest absolute Gasteiger partial charge is 0.396 e. The molecule has 1 saturated carbocycles. The molecule has 0 aromatic carbocycles. The highest BCUT2D eigenvalue weighted by atomic mass is 16.3. The average molecular weight is 325 g/mol. The Kier molecular flexibility index (Phi) is 5.97. The number of allylic oxidation sites excluding steroid dienone is 1. The molecule has 2 aliphatic rings. The minimum Gasteiger partial charge on any atom is -0.396 e. The van der Waals surface area contributed by atoms with Gasteiger partial charge in [-0.15, -0.1) is 0 Å². The average Bonchev–Trinajstić information content (AvgIpc) is 2.51. The molecule has 23 heavy (non-hydrogen) atoms. The van der Waals surface area contributed by atoms with Gasteiger partial charge in [-0.25, -0.2) is 0 Å². The molecule has 3 nitrogen and oxygen atoms in total. The van der Waals surface area contributed by atoms with E-state index in [1.54, 1.807) is 0 Å². The molecule has 0 saturated heterocycles. The van der Waals surface area contributed by atoms with Crippen molar-refractivity contribution in [1.29, 1.82) is 0 Å². The number of aliphatic hydroxyl groups is 3. The molecular formula is C20H36O3. The fourth-order valence-electron chi connectivity index (χ4n) is 5.47. The van der Waals surface area contributed by atoms with Gasteiger partial charge in [-0.1, -0.05) is 40.2 Å². The number of fused-ring (bicyclic) bond motifs is 1. The zero-order chi connectivity index (χ0) is 17.3. The summed E-state index contributed by atoms with van der Waals surface area (Å²) in [5.74, 6) is 1.31. The Hall–Kier alpha value is -0.380. The third-order valence-corrected chi connectivity index (χ3v) is 7.36. The summed E-state index contributed by atoms with van der Waals surface area (Å²) in [6.07, 6.45) is 7.91. The molecule has 3 N–H and O–H groups in total. The highest BCUT2D eigenvalue weighted by Gasteiger charge is 2.56. The summed E-state index contributed by atoms with van der Waals surface area (Å²) in [5.41, 5.74) is 1.15. The zero-order valence-electron chi connectivity index (χ0n) is 15.4. The standard InChI is InChI=1S/C20H36O3/c1-14(9-11-21)8-10-19(3)15(2)17(23)12-20(4)16(13-22)6-5-7-18(19)20/h6,14-15,17-18,21-23H,5,7-13H2,1-4H3. The second-order valence-corrected chi connectivity index (χ2v) is 8.66.